The SMILES string of the molecule is Cc1nc(-c2ccccc2)sc1C(=O)Nc1nccs1. The molecule has 0 aliphatic heterocycles. The number of carbonyl (C=O) groups is 1. The first-order valence-electron chi connectivity index (χ1n) is 5.98. The number of nitrogens with zero attached hydrogens (tertiary/aromatic N) is 2. The molecule has 0 unspecified atom stereocenters. The van der Waals surface area contributed by atoms with Crippen molar-refractivity contribution in [2.24, 2.45) is 0 Å². The van der Waals surface area contributed by atoms with Crippen LogP contribution < -0.4 is 5.32 Å². The number of rotatable bonds is 3. The van der Waals surface area contributed by atoms with Crippen LogP contribution in [0, 0.1) is 6.92 Å². The molecule has 0 aliphatic carbocycles. The van der Waals surface area contributed by atoms with Gasteiger partial charge in [-0.3, -0.25) is 10.1 Å². The summed E-state index contributed by atoms with van der Waals surface area (Å²) in [6, 6.07) is 9.85. The van der Waals surface area contributed by atoms with Crippen molar-refractivity contribution in [3.05, 3.63) is 52.5 Å². The highest BCUT2D eigenvalue weighted by atomic mass is 32.1. The first-order valence-corrected chi connectivity index (χ1v) is 7.67. The van der Waals surface area contributed by atoms with E-state index in [1.54, 1.807) is 6.20 Å². The fourth-order valence-electron chi connectivity index (χ4n) is 1.75. The Balaban J connectivity index is 1.88. The van der Waals surface area contributed by atoms with Crippen LogP contribution in [0.4, 0.5) is 5.13 Å². The van der Waals surface area contributed by atoms with Crippen LogP contribution in [0.3, 0.4) is 0 Å². The molecule has 0 bridgehead atoms. The highest BCUT2D eigenvalue weighted by Crippen LogP contribution is 2.28. The molecule has 4 nitrogen and oxygen atoms in total. The molecule has 1 amide bonds. The summed E-state index contributed by atoms with van der Waals surface area (Å²) in [6.45, 7) is 1.85. The van der Waals surface area contributed by atoms with Crippen molar-refractivity contribution in [1.82, 2.24) is 9.97 Å². The Morgan fingerprint density at radius 2 is 2.05 bits per heavy atom. The van der Waals surface area contributed by atoms with Gasteiger partial charge in [0.2, 0.25) is 0 Å². The van der Waals surface area contributed by atoms with Gasteiger partial charge in [0.25, 0.3) is 5.91 Å². The molecule has 6 heteroatoms. The topological polar surface area (TPSA) is 54.9 Å². The first kappa shape index (κ1) is 13.0. The van der Waals surface area contributed by atoms with E-state index in [9.17, 15) is 4.79 Å². The second kappa shape index (κ2) is 5.52. The lowest BCUT2D eigenvalue weighted by atomic mass is 10.2. The van der Waals surface area contributed by atoms with Crippen molar-refractivity contribution in [3.63, 3.8) is 0 Å². The largest absolute Gasteiger partial charge is 0.297 e. The van der Waals surface area contributed by atoms with Crippen LogP contribution in [0.1, 0.15) is 15.4 Å². The highest BCUT2D eigenvalue weighted by Gasteiger charge is 2.16. The van der Waals surface area contributed by atoms with Gasteiger partial charge in [-0.25, -0.2) is 9.97 Å². The summed E-state index contributed by atoms with van der Waals surface area (Å²) in [7, 11) is 0. The van der Waals surface area contributed by atoms with Crippen molar-refractivity contribution in [2.45, 2.75) is 6.92 Å². The zero-order valence-corrected chi connectivity index (χ0v) is 12.3. The van der Waals surface area contributed by atoms with Gasteiger partial charge in [-0.2, -0.15) is 0 Å². The maximum absolute atomic E-state index is 12.2. The lowest BCUT2D eigenvalue weighted by molar-refractivity contribution is 0.103. The van der Waals surface area contributed by atoms with Gasteiger partial charge in [0.1, 0.15) is 9.88 Å². The van der Waals surface area contributed by atoms with Crippen LogP contribution in [0.15, 0.2) is 41.9 Å². The molecule has 1 N–H and O–H groups in total. The van der Waals surface area contributed by atoms with Crippen LogP contribution in [-0.2, 0) is 0 Å². The van der Waals surface area contributed by atoms with E-state index in [2.05, 4.69) is 15.3 Å². The van der Waals surface area contributed by atoms with Gasteiger partial charge in [0.15, 0.2) is 5.13 Å². The molecule has 0 fully saturated rings. The molecular weight excluding hydrogens is 290 g/mol. The zero-order valence-electron chi connectivity index (χ0n) is 10.7. The summed E-state index contributed by atoms with van der Waals surface area (Å²) < 4.78 is 0. The molecular formula is C14H11N3OS2. The Labute approximate surface area is 124 Å². The number of anilines is 1. The molecule has 2 aromatic heterocycles. The monoisotopic (exact) mass is 301 g/mol. The van der Waals surface area contributed by atoms with E-state index >= 15 is 0 Å². The van der Waals surface area contributed by atoms with Crippen LogP contribution >= 0.6 is 22.7 Å². The summed E-state index contributed by atoms with van der Waals surface area (Å²) in [5, 5.41) is 6.06. The van der Waals surface area contributed by atoms with E-state index in [-0.39, 0.29) is 5.91 Å². The zero-order chi connectivity index (χ0) is 13.9. The average Bonchev–Trinajstić information content (AvgIpc) is 3.09. The van der Waals surface area contributed by atoms with Crippen LogP contribution in [0.2, 0.25) is 0 Å². The summed E-state index contributed by atoms with van der Waals surface area (Å²) in [5.74, 6) is -0.155. The third kappa shape index (κ3) is 2.61. The van der Waals surface area contributed by atoms with Crippen molar-refractivity contribution >= 4 is 33.7 Å². The highest BCUT2D eigenvalue weighted by molar-refractivity contribution is 7.17. The Kier molecular flexibility index (Phi) is 3.58. The summed E-state index contributed by atoms with van der Waals surface area (Å²) in [4.78, 5) is 21.3. The van der Waals surface area contributed by atoms with Gasteiger partial charge >= 0.3 is 0 Å². The fraction of sp³-hybridized carbons (Fsp3) is 0.0714. The number of nitrogens with one attached hydrogen (secondary N) is 1. The Morgan fingerprint density at radius 3 is 2.75 bits per heavy atom. The van der Waals surface area contributed by atoms with Crippen LogP contribution in [0.25, 0.3) is 10.6 Å². The van der Waals surface area contributed by atoms with E-state index in [0.29, 0.717) is 10.0 Å². The van der Waals surface area contributed by atoms with Gasteiger partial charge in [0, 0.05) is 17.1 Å². The second-order valence-corrected chi connectivity index (χ2v) is 5.98. The number of thiazole rings is 2. The van der Waals surface area contributed by atoms with Gasteiger partial charge in [-0.1, -0.05) is 30.3 Å². The van der Waals surface area contributed by atoms with E-state index in [0.717, 1.165) is 16.3 Å². The standard InChI is InChI=1S/C14H11N3OS2/c1-9-11(12(18)17-14-15-7-8-19-14)20-13(16-9)10-5-3-2-4-6-10/h2-8H,1H3,(H,15,17,18). The third-order valence-electron chi connectivity index (χ3n) is 2.68. The molecule has 0 atom stereocenters. The summed E-state index contributed by atoms with van der Waals surface area (Å²) >= 11 is 2.79. The lowest BCUT2D eigenvalue weighted by Crippen LogP contribution is -2.11. The number of aryl methyl sites for hydroxylation is 1. The maximum atomic E-state index is 12.2. The smallest absolute Gasteiger partial charge is 0.269 e. The number of amides is 1. The number of hydrogen-bond acceptors (Lipinski definition) is 5. The number of aromatic nitrogens is 2. The maximum Gasteiger partial charge on any atom is 0.269 e. The molecule has 1 aromatic carbocycles. The van der Waals surface area contributed by atoms with Crippen LogP contribution in [-0.4, -0.2) is 15.9 Å². The van der Waals surface area contributed by atoms with Gasteiger partial charge < -0.3 is 0 Å². The van der Waals surface area contributed by atoms with Gasteiger partial charge in [-0.05, 0) is 6.92 Å². The van der Waals surface area contributed by atoms with Crippen molar-refractivity contribution in [2.75, 3.05) is 5.32 Å². The van der Waals surface area contributed by atoms with Gasteiger partial charge in [-0.15, -0.1) is 22.7 Å². The first-order chi connectivity index (χ1) is 9.74. The number of benzene rings is 1. The molecule has 100 valence electrons. The minimum absolute atomic E-state index is 0.155. The summed E-state index contributed by atoms with van der Waals surface area (Å²) in [5.41, 5.74) is 1.76. The predicted octanol–water partition coefficient (Wildman–Crippen LogP) is 3.83. The van der Waals surface area contributed by atoms with Crippen molar-refractivity contribution in [3.8, 4) is 10.6 Å². The van der Waals surface area contributed by atoms with Crippen molar-refractivity contribution in [1.29, 1.82) is 0 Å². The minimum atomic E-state index is -0.155. The molecule has 0 saturated carbocycles. The second-order valence-electron chi connectivity index (χ2n) is 4.09. The molecule has 2 heterocycles. The van der Waals surface area contributed by atoms with Gasteiger partial charge in [0.05, 0.1) is 5.69 Å². The number of carbonyl (C=O) groups excluding carboxylic acids is 1. The number of hydrogen-bond donors (Lipinski definition) is 1. The third-order valence-corrected chi connectivity index (χ3v) is 4.57. The fourth-order valence-corrected chi connectivity index (χ4v) is 3.24. The normalized spacial score (nSPS) is 10.4. The Morgan fingerprint density at radius 1 is 1.25 bits per heavy atom. The van der Waals surface area contributed by atoms with E-state index in [1.165, 1.54) is 22.7 Å². The molecule has 0 aliphatic rings. The molecule has 20 heavy (non-hydrogen) atoms. The lowest BCUT2D eigenvalue weighted by Gasteiger charge is -1.98. The quantitative estimate of drug-likeness (QED) is 0.800. The minimum Gasteiger partial charge on any atom is -0.297 e. The predicted molar refractivity (Wildman–Crippen MR) is 82.4 cm³/mol. The average molecular weight is 301 g/mol. The summed E-state index contributed by atoms with van der Waals surface area (Å²) in [6.07, 6.45) is 1.66. The Hall–Kier alpha value is -2.05. The molecule has 3 aromatic rings. The molecule has 3 rings (SSSR count). The molecule has 0 radical (unpaired) electrons. The van der Waals surface area contributed by atoms with Crippen LogP contribution in [0.5, 0.6) is 0 Å². The molecule has 0 spiro atoms. The Bertz CT molecular complexity index is 720. The van der Waals surface area contributed by atoms with E-state index in [1.807, 2.05) is 42.6 Å². The van der Waals surface area contributed by atoms with E-state index in [4.69, 9.17) is 0 Å². The molecule has 0 saturated heterocycles. The van der Waals surface area contributed by atoms with E-state index < -0.39 is 0 Å². The van der Waals surface area contributed by atoms with Crippen molar-refractivity contribution < 1.29 is 4.79 Å².